The monoisotopic (exact) mass is 293 g/mol. The standard InChI is InChI=1S/C17H18F3N/c1-3-8-21-17(12-5-4-11(2)15(19)9-12)13-6-7-14(18)16(20)10-13/h4-7,9-10,17,21H,3,8H2,1-2H3. The number of hydrogen-bond acceptors (Lipinski definition) is 1. The lowest BCUT2D eigenvalue weighted by Crippen LogP contribution is -2.23. The van der Waals surface area contributed by atoms with Crippen molar-refractivity contribution in [1.82, 2.24) is 5.32 Å². The van der Waals surface area contributed by atoms with Gasteiger partial charge < -0.3 is 5.32 Å². The summed E-state index contributed by atoms with van der Waals surface area (Å²) in [6, 6.07) is 8.32. The van der Waals surface area contributed by atoms with Gasteiger partial charge >= 0.3 is 0 Å². The summed E-state index contributed by atoms with van der Waals surface area (Å²) in [6.45, 7) is 4.38. The number of aryl methyl sites for hydroxylation is 1. The van der Waals surface area contributed by atoms with E-state index in [0.29, 0.717) is 23.2 Å². The van der Waals surface area contributed by atoms with Crippen molar-refractivity contribution in [3.63, 3.8) is 0 Å². The normalized spacial score (nSPS) is 12.4. The van der Waals surface area contributed by atoms with Crippen molar-refractivity contribution in [3.05, 3.63) is 70.5 Å². The molecule has 0 saturated heterocycles. The lowest BCUT2D eigenvalue weighted by atomic mass is 9.97. The van der Waals surface area contributed by atoms with Crippen LogP contribution >= 0.6 is 0 Å². The summed E-state index contributed by atoms with van der Waals surface area (Å²) >= 11 is 0. The van der Waals surface area contributed by atoms with E-state index in [1.54, 1.807) is 19.1 Å². The van der Waals surface area contributed by atoms with Crippen molar-refractivity contribution >= 4 is 0 Å². The fourth-order valence-electron chi connectivity index (χ4n) is 2.20. The number of nitrogens with one attached hydrogen (secondary N) is 1. The Morgan fingerprint density at radius 2 is 1.52 bits per heavy atom. The van der Waals surface area contributed by atoms with E-state index >= 15 is 0 Å². The smallest absolute Gasteiger partial charge is 0.159 e. The number of halogens is 3. The highest BCUT2D eigenvalue weighted by Gasteiger charge is 2.16. The maximum atomic E-state index is 13.8. The number of hydrogen-bond donors (Lipinski definition) is 1. The summed E-state index contributed by atoms with van der Waals surface area (Å²) < 4.78 is 40.3. The van der Waals surface area contributed by atoms with E-state index in [9.17, 15) is 13.2 Å². The van der Waals surface area contributed by atoms with Gasteiger partial charge in [0.15, 0.2) is 11.6 Å². The molecule has 1 N–H and O–H groups in total. The molecule has 0 heterocycles. The highest BCUT2D eigenvalue weighted by molar-refractivity contribution is 5.34. The van der Waals surface area contributed by atoms with Gasteiger partial charge in [-0.25, -0.2) is 13.2 Å². The molecule has 2 rings (SSSR count). The van der Waals surface area contributed by atoms with Gasteiger partial charge in [0, 0.05) is 0 Å². The molecule has 1 nitrogen and oxygen atoms in total. The first-order valence-corrected chi connectivity index (χ1v) is 6.97. The molecule has 0 spiro atoms. The van der Waals surface area contributed by atoms with Gasteiger partial charge in [-0.1, -0.05) is 25.1 Å². The Hall–Kier alpha value is -1.81. The second kappa shape index (κ2) is 6.76. The van der Waals surface area contributed by atoms with Crippen LogP contribution in [-0.4, -0.2) is 6.54 Å². The van der Waals surface area contributed by atoms with Gasteiger partial charge in [0.25, 0.3) is 0 Å². The lowest BCUT2D eigenvalue weighted by molar-refractivity contribution is 0.503. The topological polar surface area (TPSA) is 12.0 Å². The highest BCUT2D eigenvalue weighted by atomic mass is 19.2. The van der Waals surface area contributed by atoms with Gasteiger partial charge in [0.05, 0.1) is 6.04 Å². The van der Waals surface area contributed by atoms with Crippen LogP contribution in [0, 0.1) is 24.4 Å². The zero-order chi connectivity index (χ0) is 15.4. The minimum Gasteiger partial charge on any atom is -0.306 e. The first-order chi connectivity index (χ1) is 10.0. The first kappa shape index (κ1) is 15.6. The molecular formula is C17H18F3N. The van der Waals surface area contributed by atoms with Crippen LogP contribution < -0.4 is 5.32 Å². The Balaban J connectivity index is 2.41. The number of benzene rings is 2. The van der Waals surface area contributed by atoms with Crippen LogP contribution in [0.2, 0.25) is 0 Å². The molecule has 0 aliphatic rings. The van der Waals surface area contributed by atoms with Crippen LogP contribution in [0.5, 0.6) is 0 Å². The summed E-state index contributed by atoms with van der Waals surface area (Å²) in [5.41, 5.74) is 1.82. The fraction of sp³-hybridized carbons (Fsp3) is 0.294. The molecule has 2 aromatic carbocycles. The molecule has 4 heteroatoms. The highest BCUT2D eigenvalue weighted by Crippen LogP contribution is 2.25. The van der Waals surface area contributed by atoms with Crippen LogP contribution in [0.15, 0.2) is 36.4 Å². The molecule has 0 bridgehead atoms. The van der Waals surface area contributed by atoms with Crippen molar-refractivity contribution in [2.45, 2.75) is 26.3 Å². The summed E-state index contributed by atoms with van der Waals surface area (Å²) in [4.78, 5) is 0. The van der Waals surface area contributed by atoms with Gasteiger partial charge in [-0.05, 0) is 54.8 Å². The van der Waals surface area contributed by atoms with Crippen molar-refractivity contribution in [1.29, 1.82) is 0 Å². The van der Waals surface area contributed by atoms with Crippen LogP contribution in [0.1, 0.15) is 36.1 Å². The van der Waals surface area contributed by atoms with E-state index in [1.165, 1.54) is 12.1 Å². The van der Waals surface area contributed by atoms with Crippen molar-refractivity contribution < 1.29 is 13.2 Å². The molecular weight excluding hydrogens is 275 g/mol. The van der Waals surface area contributed by atoms with Gasteiger partial charge in [-0.2, -0.15) is 0 Å². The largest absolute Gasteiger partial charge is 0.306 e. The third-order valence-electron chi connectivity index (χ3n) is 3.40. The summed E-state index contributed by atoms with van der Waals surface area (Å²) in [7, 11) is 0. The van der Waals surface area contributed by atoms with Gasteiger partial charge in [0.1, 0.15) is 5.82 Å². The van der Waals surface area contributed by atoms with E-state index in [-0.39, 0.29) is 11.9 Å². The van der Waals surface area contributed by atoms with Crippen molar-refractivity contribution in [2.24, 2.45) is 0 Å². The van der Waals surface area contributed by atoms with Crippen LogP contribution in [0.3, 0.4) is 0 Å². The average Bonchev–Trinajstić information content (AvgIpc) is 2.46. The zero-order valence-electron chi connectivity index (χ0n) is 12.1. The Bertz CT molecular complexity index is 574. The predicted molar refractivity (Wildman–Crippen MR) is 77.6 cm³/mol. The van der Waals surface area contributed by atoms with Gasteiger partial charge in [-0.15, -0.1) is 0 Å². The minimum atomic E-state index is -0.900. The molecule has 21 heavy (non-hydrogen) atoms. The summed E-state index contributed by atoms with van der Waals surface area (Å²) in [6.07, 6.45) is 0.883. The molecule has 0 fully saturated rings. The third kappa shape index (κ3) is 3.64. The average molecular weight is 293 g/mol. The van der Waals surface area contributed by atoms with E-state index in [4.69, 9.17) is 0 Å². The second-order valence-corrected chi connectivity index (χ2v) is 5.07. The lowest BCUT2D eigenvalue weighted by Gasteiger charge is -2.20. The first-order valence-electron chi connectivity index (χ1n) is 6.97. The minimum absolute atomic E-state index is 0.307. The Morgan fingerprint density at radius 1 is 0.905 bits per heavy atom. The maximum Gasteiger partial charge on any atom is 0.159 e. The molecule has 2 aromatic rings. The molecule has 0 radical (unpaired) electrons. The van der Waals surface area contributed by atoms with Gasteiger partial charge in [-0.3, -0.25) is 0 Å². The summed E-state index contributed by atoms with van der Waals surface area (Å²) in [5, 5.41) is 3.24. The molecule has 1 atom stereocenters. The zero-order valence-corrected chi connectivity index (χ0v) is 12.1. The van der Waals surface area contributed by atoms with Crippen LogP contribution in [0.25, 0.3) is 0 Å². The van der Waals surface area contributed by atoms with Crippen molar-refractivity contribution in [3.8, 4) is 0 Å². The molecule has 0 aliphatic carbocycles. The van der Waals surface area contributed by atoms with Gasteiger partial charge in [0.2, 0.25) is 0 Å². The Morgan fingerprint density at radius 3 is 2.10 bits per heavy atom. The predicted octanol–water partition coefficient (Wildman–Crippen LogP) is 4.50. The van der Waals surface area contributed by atoms with E-state index < -0.39 is 11.6 Å². The maximum absolute atomic E-state index is 13.8. The molecule has 0 amide bonds. The molecule has 0 aliphatic heterocycles. The number of rotatable bonds is 5. The van der Waals surface area contributed by atoms with E-state index in [1.807, 2.05) is 6.92 Å². The second-order valence-electron chi connectivity index (χ2n) is 5.07. The molecule has 0 aromatic heterocycles. The SMILES string of the molecule is CCCNC(c1ccc(C)c(F)c1)c1ccc(F)c(F)c1. The van der Waals surface area contributed by atoms with E-state index in [2.05, 4.69) is 5.32 Å². The third-order valence-corrected chi connectivity index (χ3v) is 3.40. The Kier molecular flexibility index (Phi) is 5.02. The van der Waals surface area contributed by atoms with Crippen molar-refractivity contribution in [2.75, 3.05) is 6.54 Å². The summed E-state index contributed by atoms with van der Waals surface area (Å²) in [5.74, 6) is -2.09. The Labute approximate surface area is 122 Å². The fourth-order valence-corrected chi connectivity index (χ4v) is 2.20. The molecule has 0 saturated carbocycles. The van der Waals surface area contributed by atoms with E-state index in [0.717, 1.165) is 18.6 Å². The molecule has 112 valence electrons. The molecule has 1 unspecified atom stereocenters. The van der Waals surface area contributed by atoms with Crippen LogP contribution in [0.4, 0.5) is 13.2 Å². The van der Waals surface area contributed by atoms with Crippen LogP contribution in [-0.2, 0) is 0 Å². The quantitative estimate of drug-likeness (QED) is 0.855.